The fourth-order valence-corrected chi connectivity index (χ4v) is 3.98. The van der Waals surface area contributed by atoms with Crippen molar-refractivity contribution >= 4 is 20.3 Å². The predicted octanol–water partition coefficient (Wildman–Crippen LogP) is 4.93. The summed E-state index contributed by atoms with van der Waals surface area (Å²) in [7, 11) is -0.198. The van der Waals surface area contributed by atoms with Gasteiger partial charge in [-0.1, -0.05) is 76.2 Å². The molecule has 1 atom stereocenters. The van der Waals surface area contributed by atoms with Crippen molar-refractivity contribution in [3.63, 3.8) is 0 Å². The maximum Gasteiger partial charge on any atom is 0.0996 e. The molecule has 0 N–H and O–H groups in total. The van der Waals surface area contributed by atoms with Gasteiger partial charge in [-0.05, 0) is 29.7 Å². The van der Waals surface area contributed by atoms with Gasteiger partial charge in [0, 0.05) is 27.3 Å². The molecule has 2 nitrogen and oxygen atoms in total. The van der Waals surface area contributed by atoms with Gasteiger partial charge in [-0.25, -0.2) is 0 Å². The number of unbranched alkanes of at least 4 members (excludes halogenated alkanes) is 1. The van der Waals surface area contributed by atoms with Gasteiger partial charge >= 0.3 is 0 Å². The number of fused-ring (bicyclic) bond motifs is 1. The summed E-state index contributed by atoms with van der Waals surface area (Å²) in [5.41, 5.74) is 1.41. The molecule has 0 spiro atoms. The molecule has 3 heteroatoms. The molecule has 0 unspecified atom stereocenters. The van der Waals surface area contributed by atoms with E-state index >= 15 is 0 Å². The van der Waals surface area contributed by atoms with Crippen molar-refractivity contribution in [1.29, 1.82) is 0 Å². The number of hydrogen-bond donors (Lipinski definition) is 0. The van der Waals surface area contributed by atoms with Crippen molar-refractivity contribution in [2.24, 2.45) is 0 Å². The molecule has 2 aromatic rings. The zero-order valence-corrected chi connectivity index (χ0v) is 17.4. The molecule has 0 fully saturated rings. The van der Waals surface area contributed by atoms with Crippen LogP contribution < -0.4 is 0 Å². The fourth-order valence-electron chi connectivity index (χ4n) is 3.21. The zero-order chi connectivity index (χ0) is 17.6. The third-order valence-corrected chi connectivity index (χ3v) is 7.39. The summed E-state index contributed by atoms with van der Waals surface area (Å²) < 4.78 is 6.03. The Kier molecular flexibility index (Phi) is 7.02. The van der Waals surface area contributed by atoms with Crippen LogP contribution in [0.2, 0.25) is 6.55 Å². The summed E-state index contributed by atoms with van der Waals surface area (Å²) in [6, 6.07) is 15.7. The number of nitrogens with zero attached hydrogens (tertiary/aromatic N) is 1. The van der Waals surface area contributed by atoms with Gasteiger partial charge in [-0.3, -0.25) is 4.90 Å². The molecular weight excluding hydrogens is 310 g/mol. The summed E-state index contributed by atoms with van der Waals surface area (Å²) in [5.74, 6) is 0. The zero-order valence-electron chi connectivity index (χ0n) is 16.0. The standard InChI is InChI=1S/C21H33NOSi/c1-6-7-15-23-16-22(21(3,4)24-5)17(2)19-14-10-12-18-11-8-9-13-20(18)19/h8-14,17H,6-7,15-16,24H2,1-5H3/t17-/m0/s1. The second-order valence-electron chi connectivity index (χ2n) is 7.27. The Balaban J connectivity index is 2.30. The van der Waals surface area contributed by atoms with Crippen LogP contribution in [0.4, 0.5) is 0 Å². The van der Waals surface area contributed by atoms with Crippen LogP contribution >= 0.6 is 0 Å². The highest BCUT2D eigenvalue weighted by atomic mass is 28.2. The quantitative estimate of drug-likeness (QED) is 0.364. The molecule has 2 aromatic carbocycles. The summed E-state index contributed by atoms with van der Waals surface area (Å²) >= 11 is 0. The van der Waals surface area contributed by atoms with Gasteiger partial charge in [0.25, 0.3) is 0 Å². The highest BCUT2D eigenvalue weighted by molar-refractivity contribution is 6.38. The van der Waals surface area contributed by atoms with Crippen molar-refractivity contribution < 1.29 is 4.74 Å². The van der Waals surface area contributed by atoms with Crippen LogP contribution in [0.25, 0.3) is 10.8 Å². The van der Waals surface area contributed by atoms with E-state index in [9.17, 15) is 0 Å². The van der Waals surface area contributed by atoms with E-state index < -0.39 is 0 Å². The minimum atomic E-state index is -0.198. The molecule has 0 aliphatic heterocycles. The van der Waals surface area contributed by atoms with E-state index in [0.717, 1.165) is 19.8 Å². The summed E-state index contributed by atoms with van der Waals surface area (Å²) in [6.45, 7) is 13.3. The smallest absolute Gasteiger partial charge is 0.0996 e. The monoisotopic (exact) mass is 343 g/mol. The minimum Gasteiger partial charge on any atom is -0.366 e. The van der Waals surface area contributed by atoms with Gasteiger partial charge < -0.3 is 4.74 Å². The first-order valence-corrected chi connectivity index (χ1v) is 11.5. The van der Waals surface area contributed by atoms with Gasteiger partial charge in [0.1, 0.15) is 0 Å². The Hall–Kier alpha value is -1.16. The van der Waals surface area contributed by atoms with Crippen molar-refractivity contribution in [1.82, 2.24) is 4.90 Å². The van der Waals surface area contributed by atoms with Crippen LogP contribution in [-0.2, 0) is 4.74 Å². The average Bonchev–Trinajstić information content (AvgIpc) is 2.60. The van der Waals surface area contributed by atoms with E-state index in [1.165, 1.54) is 22.8 Å². The van der Waals surface area contributed by atoms with E-state index in [0.29, 0.717) is 6.04 Å². The topological polar surface area (TPSA) is 12.5 Å². The lowest BCUT2D eigenvalue weighted by Crippen LogP contribution is -2.50. The Morgan fingerprint density at radius 1 is 1.12 bits per heavy atom. The third kappa shape index (κ3) is 4.47. The van der Waals surface area contributed by atoms with Crippen molar-refractivity contribution in [3.8, 4) is 0 Å². The molecule has 0 aliphatic rings. The van der Waals surface area contributed by atoms with Crippen molar-refractivity contribution in [3.05, 3.63) is 48.0 Å². The Morgan fingerprint density at radius 2 is 1.83 bits per heavy atom. The van der Waals surface area contributed by atoms with Crippen LogP contribution in [-0.4, -0.2) is 32.9 Å². The van der Waals surface area contributed by atoms with Crippen LogP contribution in [0.5, 0.6) is 0 Å². The van der Waals surface area contributed by atoms with Gasteiger partial charge in [0.05, 0.1) is 6.73 Å². The molecule has 0 heterocycles. The Labute approximate surface area is 150 Å². The van der Waals surface area contributed by atoms with E-state index in [4.69, 9.17) is 4.74 Å². The lowest BCUT2D eigenvalue weighted by atomic mass is 9.98. The number of benzene rings is 2. The largest absolute Gasteiger partial charge is 0.366 e. The normalized spacial score (nSPS) is 14.1. The average molecular weight is 344 g/mol. The summed E-state index contributed by atoms with van der Waals surface area (Å²) in [4.78, 5) is 2.57. The highest BCUT2D eigenvalue weighted by Crippen LogP contribution is 2.32. The van der Waals surface area contributed by atoms with Crippen LogP contribution in [0.15, 0.2) is 42.5 Å². The molecule has 24 heavy (non-hydrogen) atoms. The van der Waals surface area contributed by atoms with Crippen molar-refractivity contribution in [2.75, 3.05) is 13.3 Å². The van der Waals surface area contributed by atoms with Crippen LogP contribution in [0.3, 0.4) is 0 Å². The molecule has 0 radical (unpaired) electrons. The number of ether oxygens (including phenoxy) is 1. The molecular formula is C21H33NOSi. The molecule has 0 bridgehead atoms. The van der Waals surface area contributed by atoms with Gasteiger partial charge in [-0.2, -0.15) is 0 Å². The van der Waals surface area contributed by atoms with Gasteiger partial charge in [-0.15, -0.1) is 0 Å². The van der Waals surface area contributed by atoms with Crippen LogP contribution in [0, 0.1) is 0 Å². The molecule has 0 saturated heterocycles. The number of hydrogen-bond acceptors (Lipinski definition) is 2. The summed E-state index contributed by atoms with van der Waals surface area (Å²) in [5, 5.41) is 2.92. The SMILES string of the molecule is CCCCOCN([C@@H](C)c1cccc2ccccc12)C(C)(C)[SiH2]C. The molecule has 0 saturated carbocycles. The minimum absolute atomic E-state index is 0.198. The van der Waals surface area contributed by atoms with E-state index in [-0.39, 0.29) is 14.7 Å². The van der Waals surface area contributed by atoms with E-state index in [1.54, 1.807) is 0 Å². The fraction of sp³-hybridized carbons (Fsp3) is 0.524. The molecule has 0 amide bonds. The first-order valence-electron chi connectivity index (χ1n) is 9.33. The maximum absolute atomic E-state index is 6.03. The molecule has 0 aliphatic carbocycles. The number of rotatable bonds is 9. The first kappa shape index (κ1) is 19.2. The van der Waals surface area contributed by atoms with E-state index in [1.807, 2.05) is 0 Å². The van der Waals surface area contributed by atoms with Crippen LogP contribution in [0.1, 0.15) is 52.1 Å². The van der Waals surface area contributed by atoms with Gasteiger partial charge in [0.15, 0.2) is 0 Å². The highest BCUT2D eigenvalue weighted by Gasteiger charge is 2.30. The second kappa shape index (κ2) is 8.79. The molecule has 132 valence electrons. The first-order chi connectivity index (χ1) is 11.5. The molecule has 2 rings (SSSR count). The Morgan fingerprint density at radius 3 is 2.54 bits per heavy atom. The summed E-state index contributed by atoms with van der Waals surface area (Å²) in [6.07, 6.45) is 2.32. The second-order valence-corrected chi connectivity index (χ2v) is 9.71. The third-order valence-electron chi connectivity index (χ3n) is 5.26. The lowest BCUT2D eigenvalue weighted by Gasteiger charge is -2.42. The van der Waals surface area contributed by atoms with E-state index in [2.05, 4.69) is 81.6 Å². The van der Waals surface area contributed by atoms with Gasteiger partial charge in [0.2, 0.25) is 0 Å². The Bertz CT molecular complexity index is 635. The molecule has 0 aromatic heterocycles. The predicted molar refractivity (Wildman–Crippen MR) is 108 cm³/mol. The van der Waals surface area contributed by atoms with Crippen molar-refractivity contribution in [2.45, 2.75) is 58.3 Å². The maximum atomic E-state index is 6.03. The lowest BCUT2D eigenvalue weighted by molar-refractivity contribution is -0.0235.